The number of allylic oxidation sites excluding steroid dienone is 1. The fourth-order valence-electron chi connectivity index (χ4n) is 0.483. The van der Waals surface area contributed by atoms with Gasteiger partial charge in [0.25, 0.3) is 5.97 Å². The molecule has 0 spiro atoms. The number of hydrogen-bond donors (Lipinski definition) is 2. The van der Waals surface area contributed by atoms with Crippen LogP contribution >= 0.6 is 0 Å². The summed E-state index contributed by atoms with van der Waals surface area (Å²) in [5, 5.41) is 15.6. The molecule has 1 aliphatic carbocycles. The molecule has 62 valence electrons. The quantitative estimate of drug-likeness (QED) is 0.594. The first-order valence-corrected chi connectivity index (χ1v) is 3.16. The number of carboxylic acid groups (broad SMARTS) is 2. The van der Waals surface area contributed by atoms with Crippen LogP contribution < -0.4 is 0 Å². The second kappa shape index (κ2) is 4.49. The van der Waals surface area contributed by atoms with Gasteiger partial charge in [-0.15, -0.1) is 0 Å². The van der Waals surface area contributed by atoms with Crippen LogP contribution in [-0.2, 0) is 9.59 Å². The lowest BCUT2D eigenvalue weighted by Gasteiger charge is -2.06. The molecule has 1 aliphatic rings. The van der Waals surface area contributed by atoms with Crippen molar-refractivity contribution in [2.75, 3.05) is 0 Å². The van der Waals surface area contributed by atoms with E-state index < -0.39 is 11.9 Å². The molecule has 11 heavy (non-hydrogen) atoms. The fourth-order valence-corrected chi connectivity index (χ4v) is 0.483. The molecule has 0 aromatic heterocycles. The summed E-state index contributed by atoms with van der Waals surface area (Å²) in [5.41, 5.74) is 0.569. The second-order valence-electron chi connectivity index (χ2n) is 2.09. The predicted molar refractivity (Wildman–Crippen MR) is 38.3 cm³/mol. The van der Waals surface area contributed by atoms with Gasteiger partial charge in [-0.2, -0.15) is 0 Å². The Morgan fingerprint density at radius 2 is 1.82 bits per heavy atom. The monoisotopic (exact) mass is 158 g/mol. The molecule has 0 saturated carbocycles. The van der Waals surface area contributed by atoms with E-state index in [1.54, 1.807) is 6.08 Å². The van der Waals surface area contributed by atoms with Crippen LogP contribution in [0.5, 0.6) is 0 Å². The molecule has 0 fully saturated rings. The van der Waals surface area contributed by atoms with Crippen LogP contribution in [0.25, 0.3) is 0 Å². The summed E-state index contributed by atoms with van der Waals surface area (Å²) in [5.74, 6) is -1.59. The van der Waals surface area contributed by atoms with Crippen molar-refractivity contribution in [2.24, 2.45) is 0 Å². The van der Waals surface area contributed by atoms with Gasteiger partial charge in [0, 0.05) is 12.5 Å². The van der Waals surface area contributed by atoms with Gasteiger partial charge in [0.1, 0.15) is 0 Å². The van der Waals surface area contributed by atoms with Gasteiger partial charge in [0.2, 0.25) is 0 Å². The zero-order valence-corrected chi connectivity index (χ0v) is 6.20. The molecular formula is C7H10O4. The predicted octanol–water partition coefficient (Wildman–Crippen LogP) is 0.882. The number of carbonyl (C=O) groups is 2. The molecule has 0 saturated heterocycles. The third-order valence-electron chi connectivity index (χ3n) is 1.08. The lowest BCUT2D eigenvalue weighted by Crippen LogP contribution is -2.05. The van der Waals surface area contributed by atoms with Crippen LogP contribution in [0.4, 0.5) is 0 Å². The van der Waals surface area contributed by atoms with E-state index in [2.05, 4.69) is 0 Å². The molecule has 0 amide bonds. The van der Waals surface area contributed by atoms with Crippen LogP contribution in [0.2, 0.25) is 0 Å². The molecule has 1 rings (SSSR count). The van der Waals surface area contributed by atoms with Crippen LogP contribution in [0.3, 0.4) is 0 Å². The Kier molecular flexibility index (Phi) is 3.95. The summed E-state index contributed by atoms with van der Waals surface area (Å²) in [6.45, 7) is 1.08. The molecule has 0 atom stereocenters. The maximum atomic E-state index is 9.91. The summed E-state index contributed by atoms with van der Waals surface area (Å²) in [6, 6.07) is 0. The zero-order valence-electron chi connectivity index (χ0n) is 6.20. The first kappa shape index (κ1) is 9.68. The highest BCUT2D eigenvalue weighted by molar-refractivity contribution is 5.87. The van der Waals surface area contributed by atoms with E-state index in [0.717, 1.165) is 19.8 Å². The third-order valence-corrected chi connectivity index (χ3v) is 1.08. The Hall–Kier alpha value is -1.32. The molecule has 0 aromatic rings. The van der Waals surface area contributed by atoms with E-state index in [0.29, 0.717) is 5.57 Å². The van der Waals surface area contributed by atoms with Crippen LogP contribution in [0.1, 0.15) is 19.8 Å². The van der Waals surface area contributed by atoms with Crippen molar-refractivity contribution in [1.29, 1.82) is 0 Å². The van der Waals surface area contributed by atoms with Crippen LogP contribution in [0.15, 0.2) is 11.6 Å². The molecule has 0 heterocycles. The highest BCUT2D eigenvalue weighted by Gasteiger charge is 2.11. The number of carboxylic acids is 2. The summed E-state index contributed by atoms with van der Waals surface area (Å²) in [6.07, 6.45) is 3.44. The molecule has 4 heteroatoms. The maximum Gasteiger partial charge on any atom is 0.331 e. The van der Waals surface area contributed by atoms with Crippen molar-refractivity contribution < 1.29 is 19.8 Å². The Labute approximate surface area is 64.2 Å². The Balaban J connectivity index is 0.000000218. The first-order chi connectivity index (χ1) is 5.04. The maximum absolute atomic E-state index is 9.91. The molecule has 0 radical (unpaired) electrons. The lowest BCUT2D eigenvalue weighted by atomic mass is 10.00. The van der Waals surface area contributed by atoms with E-state index in [1.807, 2.05) is 0 Å². The van der Waals surface area contributed by atoms with E-state index in [-0.39, 0.29) is 0 Å². The summed E-state index contributed by atoms with van der Waals surface area (Å²) in [4.78, 5) is 18.9. The summed E-state index contributed by atoms with van der Waals surface area (Å²) in [7, 11) is 0. The lowest BCUT2D eigenvalue weighted by molar-refractivity contribution is -0.135. The third kappa shape index (κ3) is 5.14. The minimum atomic E-state index is -0.833. The van der Waals surface area contributed by atoms with Crippen molar-refractivity contribution in [3.8, 4) is 0 Å². The molecule has 2 N–H and O–H groups in total. The van der Waals surface area contributed by atoms with E-state index >= 15 is 0 Å². The molecule has 4 nitrogen and oxygen atoms in total. The fraction of sp³-hybridized carbons (Fsp3) is 0.429. The summed E-state index contributed by atoms with van der Waals surface area (Å²) >= 11 is 0. The van der Waals surface area contributed by atoms with Gasteiger partial charge in [-0.3, -0.25) is 4.79 Å². The van der Waals surface area contributed by atoms with Gasteiger partial charge >= 0.3 is 5.97 Å². The van der Waals surface area contributed by atoms with Gasteiger partial charge in [0.05, 0.1) is 0 Å². The van der Waals surface area contributed by atoms with E-state index in [4.69, 9.17) is 15.0 Å². The highest BCUT2D eigenvalue weighted by atomic mass is 16.4. The highest BCUT2D eigenvalue weighted by Crippen LogP contribution is 2.16. The normalized spacial score (nSPS) is 13.4. The van der Waals surface area contributed by atoms with Gasteiger partial charge in [-0.1, -0.05) is 6.08 Å². The largest absolute Gasteiger partial charge is 0.481 e. The molecule has 0 unspecified atom stereocenters. The average Bonchev–Trinajstić information content (AvgIpc) is 1.53. The smallest absolute Gasteiger partial charge is 0.331 e. The molecular weight excluding hydrogens is 148 g/mol. The standard InChI is InChI=1S/C5H6O2.C2H4O2/c6-5(7)4-2-1-3-4;1-2(3)4/h2H,1,3H2,(H,6,7);1H3,(H,3,4). The van der Waals surface area contributed by atoms with Gasteiger partial charge in [-0.25, -0.2) is 4.79 Å². The Bertz CT molecular complexity index is 189. The van der Waals surface area contributed by atoms with Gasteiger partial charge in [-0.05, 0) is 12.8 Å². The molecule has 0 aromatic carbocycles. The van der Waals surface area contributed by atoms with Crippen LogP contribution in [-0.4, -0.2) is 22.2 Å². The van der Waals surface area contributed by atoms with Crippen LogP contribution in [0, 0.1) is 0 Å². The zero-order chi connectivity index (χ0) is 8.85. The average molecular weight is 158 g/mol. The van der Waals surface area contributed by atoms with Crippen molar-refractivity contribution >= 4 is 11.9 Å². The minimum absolute atomic E-state index is 0.569. The number of aliphatic carboxylic acids is 2. The first-order valence-electron chi connectivity index (χ1n) is 3.16. The van der Waals surface area contributed by atoms with Crippen molar-refractivity contribution in [1.82, 2.24) is 0 Å². The number of hydrogen-bond acceptors (Lipinski definition) is 2. The van der Waals surface area contributed by atoms with E-state index in [1.165, 1.54) is 0 Å². The summed E-state index contributed by atoms with van der Waals surface area (Å²) < 4.78 is 0. The van der Waals surface area contributed by atoms with Gasteiger partial charge in [0.15, 0.2) is 0 Å². The molecule has 0 bridgehead atoms. The van der Waals surface area contributed by atoms with Crippen molar-refractivity contribution in [3.05, 3.63) is 11.6 Å². The van der Waals surface area contributed by atoms with E-state index in [9.17, 15) is 4.79 Å². The number of rotatable bonds is 1. The second-order valence-corrected chi connectivity index (χ2v) is 2.09. The molecule has 0 aliphatic heterocycles. The van der Waals surface area contributed by atoms with Crippen molar-refractivity contribution in [3.63, 3.8) is 0 Å². The topological polar surface area (TPSA) is 74.6 Å². The Morgan fingerprint density at radius 3 is 1.82 bits per heavy atom. The Morgan fingerprint density at radius 1 is 1.45 bits per heavy atom. The van der Waals surface area contributed by atoms with Crippen molar-refractivity contribution in [2.45, 2.75) is 19.8 Å². The minimum Gasteiger partial charge on any atom is -0.481 e. The SMILES string of the molecule is CC(=O)O.O=C(O)C1=CCC1. The van der Waals surface area contributed by atoms with Gasteiger partial charge < -0.3 is 10.2 Å².